The molecule has 0 saturated carbocycles. The maximum absolute atomic E-state index is 13.3. The smallest absolute Gasteiger partial charge is 0.305 e. The number of nitrogens with two attached hydrogens (primary N) is 1. The van der Waals surface area contributed by atoms with Gasteiger partial charge in [-0.25, -0.2) is 0 Å². The first-order valence-corrected chi connectivity index (χ1v) is 6.03. The predicted octanol–water partition coefficient (Wildman–Crippen LogP) is 3.66. The summed E-state index contributed by atoms with van der Waals surface area (Å²) in [6, 6.07) is 3.83. The van der Waals surface area contributed by atoms with Crippen LogP contribution in [0.4, 0.5) is 15.1 Å². The van der Waals surface area contributed by atoms with Gasteiger partial charge in [0, 0.05) is 16.5 Å². The minimum Gasteiger partial charge on any atom is -0.390 e. The van der Waals surface area contributed by atoms with Gasteiger partial charge in [0.05, 0.1) is 9.92 Å². The Hall–Kier alpha value is -1.95. The number of halogens is 1. The number of anilines is 1. The molecule has 0 atom stereocenters. The molecule has 0 radical (unpaired) electrons. The number of nitrogen functional groups attached to an aromatic ring is 1. The Kier molecular flexibility index (Phi) is 3.04. The summed E-state index contributed by atoms with van der Waals surface area (Å²) in [7, 11) is 0. The fourth-order valence-electron chi connectivity index (χ4n) is 1.82. The molecule has 0 saturated heterocycles. The number of hydrogen-bond donors (Lipinski definition) is 1. The molecule has 1 aromatic carbocycles. The number of rotatable bonds is 2. The van der Waals surface area contributed by atoms with Crippen LogP contribution in [0.25, 0.3) is 11.1 Å². The zero-order valence-electron chi connectivity index (χ0n) is 9.86. The SMILES string of the molecule is Cc1sc(N)c(-c2ccc(F)c([N+](=O)[O-])c2)c1C. The van der Waals surface area contributed by atoms with Crippen molar-refractivity contribution in [2.75, 3.05) is 5.73 Å². The van der Waals surface area contributed by atoms with Crippen LogP contribution < -0.4 is 5.73 Å². The van der Waals surface area contributed by atoms with E-state index in [4.69, 9.17) is 5.73 Å². The molecule has 94 valence electrons. The largest absolute Gasteiger partial charge is 0.390 e. The Morgan fingerprint density at radius 2 is 2.06 bits per heavy atom. The molecule has 18 heavy (non-hydrogen) atoms. The maximum atomic E-state index is 13.3. The first-order valence-electron chi connectivity index (χ1n) is 5.21. The number of benzene rings is 1. The molecule has 1 aromatic heterocycles. The predicted molar refractivity (Wildman–Crippen MR) is 70.3 cm³/mol. The van der Waals surface area contributed by atoms with E-state index < -0.39 is 16.4 Å². The third-order valence-corrected chi connectivity index (χ3v) is 3.88. The highest BCUT2D eigenvalue weighted by atomic mass is 32.1. The van der Waals surface area contributed by atoms with E-state index in [-0.39, 0.29) is 0 Å². The summed E-state index contributed by atoms with van der Waals surface area (Å²) in [5, 5.41) is 11.3. The second-order valence-corrected chi connectivity index (χ2v) is 5.20. The van der Waals surface area contributed by atoms with Crippen LogP contribution in [0.2, 0.25) is 0 Å². The minimum atomic E-state index is -0.841. The Bertz CT molecular complexity index is 637. The zero-order valence-corrected chi connectivity index (χ0v) is 10.7. The van der Waals surface area contributed by atoms with E-state index in [1.807, 2.05) is 13.8 Å². The number of nitrogens with zero attached hydrogens (tertiary/aromatic N) is 1. The number of aryl methyl sites for hydroxylation is 1. The highest BCUT2D eigenvalue weighted by Crippen LogP contribution is 2.39. The van der Waals surface area contributed by atoms with Gasteiger partial charge in [0.1, 0.15) is 0 Å². The summed E-state index contributed by atoms with van der Waals surface area (Å²) in [5.74, 6) is -0.841. The van der Waals surface area contributed by atoms with Crippen molar-refractivity contribution in [2.24, 2.45) is 0 Å². The molecule has 4 nitrogen and oxygen atoms in total. The lowest BCUT2D eigenvalue weighted by atomic mass is 10.0. The van der Waals surface area contributed by atoms with Crippen LogP contribution in [0, 0.1) is 29.8 Å². The summed E-state index contributed by atoms with van der Waals surface area (Å²) in [5.41, 5.74) is 7.65. The number of hydrogen-bond acceptors (Lipinski definition) is 4. The van der Waals surface area contributed by atoms with Gasteiger partial charge in [0.25, 0.3) is 0 Å². The monoisotopic (exact) mass is 266 g/mol. The fourth-order valence-corrected chi connectivity index (χ4v) is 2.78. The van der Waals surface area contributed by atoms with Gasteiger partial charge in [-0.3, -0.25) is 10.1 Å². The second kappa shape index (κ2) is 4.38. The third kappa shape index (κ3) is 1.95. The van der Waals surface area contributed by atoms with Crippen LogP contribution in [-0.4, -0.2) is 4.92 Å². The van der Waals surface area contributed by atoms with Crippen LogP contribution in [-0.2, 0) is 0 Å². The second-order valence-electron chi connectivity index (χ2n) is 3.95. The summed E-state index contributed by atoms with van der Waals surface area (Å²) in [6.07, 6.45) is 0. The maximum Gasteiger partial charge on any atom is 0.305 e. The van der Waals surface area contributed by atoms with Crippen LogP contribution >= 0.6 is 11.3 Å². The third-order valence-electron chi connectivity index (χ3n) is 2.84. The van der Waals surface area contributed by atoms with Gasteiger partial charge >= 0.3 is 5.69 Å². The molecule has 0 aliphatic rings. The van der Waals surface area contributed by atoms with E-state index in [0.717, 1.165) is 22.1 Å². The van der Waals surface area contributed by atoms with Gasteiger partial charge in [-0.1, -0.05) is 6.07 Å². The van der Waals surface area contributed by atoms with E-state index >= 15 is 0 Å². The molecular weight excluding hydrogens is 255 g/mol. The molecule has 0 unspecified atom stereocenters. The first kappa shape index (κ1) is 12.5. The highest BCUT2D eigenvalue weighted by Gasteiger charge is 2.18. The van der Waals surface area contributed by atoms with Gasteiger partial charge < -0.3 is 5.73 Å². The van der Waals surface area contributed by atoms with Crippen LogP contribution in [0.3, 0.4) is 0 Å². The first-order chi connectivity index (χ1) is 8.41. The normalized spacial score (nSPS) is 10.6. The van der Waals surface area contributed by atoms with Crippen molar-refractivity contribution in [1.29, 1.82) is 0 Å². The van der Waals surface area contributed by atoms with Gasteiger partial charge in [-0.2, -0.15) is 4.39 Å². The van der Waals surface area contributed by atoms with Crippen molar-refractivity contribution in [3.8, 4) is 11.1 Å². The van der Waals surface area contributed by atoms with Gasteiger partial charge in [-0.15, -0.1) is 11.3 Å². The highest BCUT2D eigenvalue weighted by molar-refractivity contribution is 7.16. The number of thiophene rings is 1. The van der Waals surface area contributed by atoms with Crippen LogP contribution in [0.15, 0.2) is 18.2 Å². The average Bonchev–Trinajstić information content (AvgIpc) is 2.54. The Labute approximate surface area is 107 Å². The molecule has 2 N–H and O–H groups in total. The summed E-state index contributed by atoms with van der Waals surface area (Å²) in [4.78, 5) is 11.0. The van der Waals surface area contributed by atoms with Crippen LogP contribution in [0.1, 0.15) is 10.4 Å². The van der Waals surface area contributed by atoms with E-state index in [2.05, 4.69) is 0 Å². The van der Waals surface area contributed by atoms with Gasteiger partial charge in [-0.05, 0) is 31.0 Å². The number of nitro groups is 1. The Morgan fingerprint density at radius 3 is 2.56 bits per heavy atom. The molecule has 1 heterocycles. The van der Waals surface area contributed by atoms with E-state index in [1.54, 1.807) is 0 Å². The lowest BCUT2D eigenvalue weighted by molar-refractivity contribution is -0.387. The van der Waals surface area contributed by atoms with E-state index in [0.29, 0.717) is 10.6 Å². The van der Waals surface area contributed by atoms with Crippen molar-refractivity contribution in [1.82, 2.24) is 0 Å². The Morgan fingerprint density at radius 1 is 1.39 bits per heavy atom. The molecule has 0 amide bonds. The summed E-state index contributed by atoms with van der Waals surface area (Å²) < 4.78 is 13.3. The molecule has 0 aliphatic heterocycles. The molecule has 0 aliphatic carbocycles. The van der Waals surface area contributed by atoms with Gasteiger partial charge in [0.15, 0.2) is 0 Å². The molecule has 2 rings (SSSR count). The lowest BCUT2D eigenvalue weighted by Crippen LogP contribution is -1.94. The molecule has 6 heteroatoms. The fraction of sp³-hybridized carbons (Fsp3) is 0.167. The summed E-state index contributed by atoms with van der Waals surface area (Å²) in [6.45, 7) is 3.82. The minimum absolute atomic E-state index is 0.532. The Balaban J connectivity index is 2.65. The van der Waals surface area contributed by atoms with Crippen molar-refractivity contribution in [3.05, 3.63) is 44.6 Å². The van der Waals surface area contributed by atoms with Crippen molar-refractivity contribution < 1.29 is 9.31 Å². The molecular formula is C12H11FN2O2S. The van der Waals surface area contributed by atoms with E-state index in [1.165, 1.54) is 23.5 Å². The van der Waals surface area contributed by atoms with Crippen molar-refractivity contribution in [3.63, 3.8) is 0 Å². The molecule has 0 bridgehead atoms. The lowest BCUT2D eigenvalue weighted by Gasteiger charge is -2.03. The van der Waals surface area contributed by atoms with E-state index in [9.17, 15) is 14.5 Å². The standard InChI is InChI=1S/C12H11FN2O2S/c1-6-7(2)18-12(14)11(6)8-3-4-9(13)10(5-8)15(16)17/h3-5H,14H2,1-2H3. The topological polar surface area (TPSA) is 69.2 Å². The quantitative estimate of drug-likeness (QED) is 0.666. The van der Waals surface area contributed by atoms with Crippen molar-refractivity contribution in [2.45, 2.75) is 13.8 Å². The number of nitro benzene ring substituents is 1. The van der Waals surface area contributed by atoms with Gasteiger partial charge in [0.2, 0.25) is 5.82 Å². The zero-order chi connectivity index (χ0) is 13.4. The molecule has 0 spiro atoms. The van der Waals surface area contributed by atoms with Crippen molar-refractivity contribution >= 4 is 22.0 Å². The summed E-state index contributed by atoms with van der Waals surface area (Å²) >= 11 is 1.42. The van der Waals surface area contributed by atoms with Crippen LogP contribution in [0.5, 0.6) is 0 Å². The molecule has 0 fully saturated rings. The average molecular weight is 266 g/mol. The molecule has 2 aromatic rings.